The van der Waals surface area contributed by atoms with Crippen molar-refractivity contribution in [3.63, 3.8) is 0 Å². The number of carbonyl (C=O) groups is 1. The van der Waals surface area contributed by atoms with Gasteiger partial charge in [0, 0.05) is 29.5 Å². The number of nitrogens with one attached hydrogen (secondary N) is 1. The van der Waals surface area contributed by atoms with Gasteiger partial charge in [-0.2, -0.15) is 0 Å². The van der Waals surface area contributed by atoms with E-state index in [4.69, 9.17) is 28.2 Å². The molecule has 3 aromatic carbocycles. The fourth-order valence-electron chi connectivity index (χ4n) is 3.71. The Kier molecular flexibility index (Phi) is 5.35. The van der Waals surface area contributed by atoms with E-state index >= 15 is 0 Å². The Balaban J connectivity index is 1.67. The Morgan fingerprint density at radius 1 is 0.906 bits per heavy atom. The highest BCUT2D eigenvalue weighted by molar-refractivity contribution is 6.40. The van der Waals surface area contributed by atoms with Gasteiger partial charge in [-0.3, -0.25) is 9.78 Å². The van der Waals surface area contributed by atoms with E-state index < -0.39 is 5.91 Å². The van der Waals surface area contributed by atoms with Crippen LogP contribution in [0.5, 0.6) is 0 Å². The average molecular weight is 459 g/mol. The highest BCUT2D eigenvalue weighted by atomic mass is 35.5. The molecule has 0 spiro atoms. The largest absolute Gasteiger partial charge is 0.320 e. The van der Waals surface area contributed by atoms with Crippen LogP contribution in [0.2, 0.25) is 10.0 Å². The van der Waals surface area contributed by atoms with E-state index in [0.717, 1.165) is 22.2 Å². The van der Waals surface area contributed by atoms with E-state index in [1.165, 1.54) is 0 Å². The van der Waals surface area contributed by atoms with Crippen LogP contribution in [-0.4, -0.2) is 20.4 Å². The zero-order valence-electron chi connectivity index (χ0n) is 16.7. The molecule has 0 saturated heterocycles. The third kappa shape index (κ3) is 3.62. The lowest BCUT2D eigenvalue weighted by Gasteiger charge is -2.16. The number of rotatable bonds is 4. The maximum absolute atomic E-state index is 13.0. The van der Waals surface area contributed by atoms with Gasteiger partial charge in [0.25, 0.3) is 5.91 Å². The van der Waals surface area contributed by atoms with Gasteiger partial charge in [-0.25, -0.2) is 4.98 Å². The summed E-state index contributed by atoms with van der Waals surface area (Å²) >= 11 is 12.4. The van der Waals surface area contributed by atoms with Gasteiger partial charge in [-0.15, -0.1) is 0 Å². The molecule has 5 aromatic rings. The molecule has 7 heteroatoms. The lowest BCUT2D eigenvalue weighted by molar-refractivity contribution is 0.102. The Morgan fingerprint density at radius 3 is 2.38 bits per heavy atom. The molecule has 0 unspecified atom stereocenters. The monoisotopic (exact) mass is 458 g/mol. The van der Waals surface area contributed by atoms with Gasteiger partial charge in [-0.05, 0) is 23.8 Å². The van der Waals surface area contributed by atoms with Gasteiger partial charge in [0.05, 0.1) is 38.8 Å². The number of imidazole rings is 1. The minimum atomic E-state index is -0.397. The highest BCUT2D eigenvalue weighted by Gasteiger charge is 2.18. The van der Waals surface area contributed by atoms with Crippen molar-refractivity contribution in [1.82, 2.24) is 14.5 Å². The standard InChI is InChI=1S/C25H16Cl2N4O/c26-19-9-5-10-20(27)22(19)25(32)30-21-11-4-8-17-23(21)29-14-18(16-6-2-1-3-7-16)24(17)31-13-12-28-15-31/h1-15H,(H,30,32). The number of hydrogen-bond donors (Lipinski definition) is 1. The van der Waals surface area contributed by atoms with Crippen molar-refractivity contribution in [1.29, 1.82) is 0 Å². The van der Waals surface area contributed by atoms with Gasteiger partial charge in [0.2, 0.25) is 0 Å². The van der Waals surface area contributed by atoms with E-state index in [1.807, 2.05) is 59.4 Å². The van der Waals surface area contributed by atoms with Gasteiger partial charge in [-0.1, -0.05) is 71.7 Å². The second-order valence-electron chi connectivity index (χ2n) is 7.11. The number of anilines is 1. The first kappa shape index (κ1) is 20.2. The molecule has 0 fully saturated rings. The number of aromatic nitrogens is 3. The van der Waals surface area contributed by atoms with Crippen molar-refractivity contribution >= 4 is 45.7 Å². The molecule has 5 nitrogen and oxygen atoms in total. The van der Waals surface area contributed by atoms with Crippen LogP contribution in [0.1, 0.15) is 10.4 Å². The minimum absolute atomic E-state index is 0.226. The molecular formula is C25H16Cl2N4O. The molecule has 0 bridgehead atoms. The Hall–Kier alpha value is -3.67. The maximum Gasteiger partial charge on any atom is 0.258 e. The molecule has 0 atom stereocenters. The van der Waals surface area contributed by atoms with E-state index in [0.29, 0.717) is 11.2 Å². The third-order valence-electron chi connectivity index (χ3n) is 5.15. The summed E-state index contributed by atoms with van der Waals surface area (Å²) in [6.45, 7) is 0. The molecule has 1 amide bonds. The SMILES string of the molecule is O=C(Nc1cccc2c(-n3ccnc3)c(-c3ccccc3)cnc12)c1c(Cl)cccc1Cl. The molecule has 0 aliphatic rings. The van der Waals surface area contributed by atoms with Crippen LogP contribution in [-0.2, 0) is 0 Å². The summed E-state index contributed by atoms with van der Waals surface area (Å²) in [5.41, 5.74) is 4.34. The summed E-state index contributed by atoms with van der Waals surface area (Å²) < 4.78 is 1.95. The van der Waals surface area contributed by atoms with E-state index in [1.54, 1.807) is 36.8 Å². The van der Waals surface area contributed by atoms with Crippen molar-refractivity contribution in [2.75, 3.05) is 5.32 Å². The quantitative estimate of drug-likeness (QED) is 0.328. The Bertz CT molecular complexity index is 1410. The molecule has 156 valence electrons. The zero-order chi connectivity index (χ0) is 22.1. The molecule has 0 saturated carbocycles. The summed E-state index contributed by atoms with van der Waals surface area (Å²) in [5, 5.41) is 4.36. The highest BCUT2D eigenvalue weighted by Crippen LogP contribution is 2.35. The van der Waals surface area contributed by atoms with Gasteiger partial charge in [0.1, 0.15) is 0 Å². The molecule has 1 N–H and O–H groups in total. The summed E-state index contributed by atoms with van der Waals surface area (Å²) in [6.07, 6.45) is 7.17. The van der Waals surface area contributed by atoms with Crippen LogP contribution in [0.15, 0.2) is 91.6 Å². The molecule has 2 aromatic heterocycles. The first-order valence-corrected chi connectivity index (χ1v) is 10.6. The fourth-order valence-corrected chi connectivity index (χ4v) is 4.28. The van der Waals surface area contributed by atoms with E-state index in [-0.39, 0.29) is 15.6 Å². The van der Waals surface area contributed by atoms with Gasteiger partial charge < -0.3 is 9.88 Å². The lowest BCUT2D eigenvalue weighted by Crippen LogP contribution is -2.14. The van der Waals surface area contributed by atoms with Crippen LogP contribution in [0.25, 0.3) is 27.7 Å². The molecule has 0 radical (unpaired) electrons. The number of pyridine rings is 1. The lowest BCUT2D eigenvalue weighted by atomic mass is 10.0. The van der Waals surface area contributed by atoms with Crippen molar-refractivity contribution in [2.24, 2.45) is 0 Å². The number of carbonyl (C=O) groups excluding carboxylic acids is 1. The number of fused-ring (bicyclic) bond motifs is 1. The number of hydrogen-bond acceptors (Lipinski definition) is 3. The Morgan fingerprint density at radius 2 is 1.66 bits per heavy atom. The van der Waals surface area contributed by atoms with Crippen LogP contribution in [0.4, 0.5) is 5.69 Å². The van der Waals surface area contributed by atoms with Crippen molar-refractivity contribution in [3.8, 4) is 16.8 Å². The summed E-state index contributed by atoms with van der Waals surface area (Å²) in [5.74, 6) is -0.397. The van der Waals surface area contributed by atoms with E-state index in [9.17, 15) is 4.79 Å². The smallest absolute Gasteiger partial charge is 0.258 e. The van der Waals surface area contributed by atoms with Crippen LogP contribution < -0.4 is 5.32 Å². The molecule has 0 aliphatic heterocycles. The predicted molar refractivity (Wildman–Crippen MR) is 129 cm³/mol. The normalized spacial score (nSPS) is 10.9. The average Bonchev–Trinajstić information content (AvgIpc) is 3.33. The molecule has 5 rings (SSSR count). The van der Waals surface area contributed by atoms with Gasteiger partial charge >= 0.3 is 0 Å². The molecule has 0 aliphatic carbocycles. The first-order chi connectivity index (χ1) is 15.6. The molecule has 2 heterocycles. The number of nitrogens with zero attached hydrogens (tertiary/aromatic N) is 3. The topological polar surface area (TPSA) is 59.8 Å². The van der Waals surface area contributed by atoms with Crippen LogP contribution in [0.3, 0.4) is 0 Å². The number of halogens is 2. The second-order valence-corrected chi connectivity index (χ2v) is 7.92. The maximum atomic E-state index is 13.0. The van der Waals surface area contributed by atoms with E-state index in [2.05, 4.69) is 10.3 Å². The summed E-state index contributed by atoms with van der Waals surface area (Å²) in [6, 6.07) is 20.6. The number of amides is 1. The van der Waals surface area contributed by atoms with Crippen LogP contribution >= 0.6 is 23.2 Å². The molecular weight excluding hydrogens is 443 g/mol. The number of benzene rings is 3. The fraction of sp³-hybridized carbons (Fsp3) is 0. The minimum Gasteiger partial charge on any atom is -0.320 e. The van der Waals surface area contributed by atoms with Crippen molar-refractivity contribution in [2.45, 2.75) is 0 Å². The molecule has 32 heavy (non-hydrogen) atoms. The van der Waals surface area contributed by atoms with Crippen molar-refractivity contribution < 1.29 is 4.79 Å². The first-order valence-electron chi connectivity index (χ1n) is 9.84. The zero-order valence-corrected chi connectivity index (χ0v) is 18.2. The van der Waals surface area contributed by atoms with Crippen LogP contribution in [0, 0.1) is 0 Å². The van der Waals surface area contributed by atoms with Crippen molar-refractivity contribution in [3.05, 3.63) is 107 Å². The van der Waals surface area contributed by atoms with Gasteiger partial charge in [0.15, 0.2) is 0 Å². The predicted octanol–water partition coefficient (Wildman–Crippen LogP) is 6.65. The summed E-state index contributed by atoms with van der Waals surface area (Å²) in [7, 11) is 0. The second kappa shape index (κ2) is 8.46. The summed E-state index contributed by atoms with van der Waals surface area (Å²) in [4.78, 5) is 21.9. The third-order valence-corrected chi connectivity index (χ3v) is 5.78. The number of para-hydroxylation sites is 1. The Labute approximate surface area is 194 Å².